The highest BCUT2D eigenvalue weighted by molar-refractivity contribution is 5.92. The highest BCUT2D eigenvalue weighted by Gasteiger charge is 2.27. The Morgan fingerprint density at radius 3 is 2.56 bits per heavy atom. The van der Waals surface area contributed by atoms with E-state index in [2.05, 4.69) is 49.1 Å². The number of aldehydes is 1. The van der Waals surface area contributed by atoms with Crippen molar-refractivity contribution in [3.63, 3.8) is 0 Å². The van der Waals surface area contributed by atoms with Gasteiger partial charge in [0.05, 0.1) is 11.1 Å². The van der Waals surface area contributed by atoms with E-state index in [1.165, 1.54) is 42.9 Å². The SMILES string of the molecule is C=CC=O.CN1CCC(c2c[nH]c3ncnc(Nc4ccc(Oc5ccnc(NCC(F)(F)F)c5)cc4F)c23)CC1. The maximum atomic E-state index is 15.0. The minimum atomic E-state index is -4.38. The van der Waals surface area contributed by atoms with Crippen molar-refractivity contribution in [2.45, 2.75) is 24.9 Å². The number of carbonyl (C=O) groups excluding carboxylic acids is 1. The van der Waals surface area contributed by atoms with Gasteiger partial charge in [-0.2, -0.15) is 13.2 Å². The number of rotatable bonds is 8. The van der Waals surface area contributed by atoms with Crippen LogP contribution in [0.5, 0.6) is 11.5 Å². The molecular formula is C28H29F4N7O2. The van der Waals surface area contributed by atoms with Gasteiger partial charge in [-0.25, -0.2) is 19.3 Å². The second-order valence-corrected chi connectivity index (χ2v) is 9.35. The molecule has 1 aromatic carbocycles. The molecule has 4 heterocycles. The standard InChI is InChI=1S/C25H25F4N7O.C3H4O/c1-36-8-5-15(6-9-36)18-12-31-23-22(18)24(34-14-33-23)35-20-3-2-16(10-19(20)26)37-17-4-7-30-21(11-17)32-13-25(27,28)29;1-2-3-4/h2-4,7,10-12,14-15H,5-6,8-9,13H2,1H3,(H,30,32)(H2,31,33,34,35);2-3H,1H2. The van der Waals surface area contributed by atoms with Crippen LogP contribution in [0.15, 0.2) is 61.7 Å². The highest BCUT2D eigenvalue weighted by Crippen LogP contribution is 2.36. The Morgan fingerprint density at radius 2 is 1.88 bits per heavy atom. The fourth-order valence-electron chi connectivity index (χ4n) is 4.41. The average Bonchev–Trinajstić information content (AvgIpc) is 3.39. The van der Waals surface area contributed by atoms with Gasteiger partial charge in [-0.05, 0) is 68.7 Å². The maximum Gasteiger partial charge on any atom is 0.405 e. The zero-order valence-corrected chi connectivity index (χ0v) is 22.2. The molecule has 3 N–H and O–H groups in total. The number of aromatic amines is 1. The molecule has 0 amide bonds. The predicted octanol–water partition coefficient (Wildman–Crippen LogP) is 6.18. The number of halogens is 4. The molecule has 0 radical (unpaired) electrons. The summed E-state index contributed by atoms with van der Waals surface area (Å²) in [5, 5.41) is 6.11. The number of hydrogen-bond acceptors (Lipinski definition) is 8. The van der Waals surface area contributed by atoms with E-state index in [-0.39, 0.29) is 23.0 Å². The molecule has 0 bridgehead atoms. The number of hydrogen-bond donors (Lipinski definition) is 3. The number of likely N-dealkylation sites (tertiary alicyclic amines) is 1. The number of H-pyrrole nitrogens is 1. The van der Waals surface area contributed by atoms with Crippen molar-refractivity contribution in [3.05, 3.63) is 73.1 Å². The van der Waals surface area contributed by atoms with E-state index in [0.717, 1.165) is 36.9 Å². The van der Waals surface area contributed by atoms with Crippen molar-refractivity contribution >= 4 is 34.6 Å². The maximum absolute atomic E-state index is 15.0. The first-order valence-corrected chi connectivity index (χ1v) is 12.7. The Morgan fingerprint density at radius 1 is 1.15 bits per heavy atom. The lowest BCUT2D eigenvalue weighted by Gasteiger charge is -2.28. The third-order valence-corrected chi connectivity index (χ3v) is 6.39. The minimum Gasteiger partial charge on any atom is -0.457 e. The fraction of sp³-hybridized carbons (Fsp3) is 0.286. The quantitative estimate of drug-likeness (QED) is 0.131. The lowest BCUT2D eigenvalue weighted by Crippen LogP contribution is -2.29. The van der Waals surface area contributed by atoms with Crippen LogP contribution in [0.2, 0.25) is 0 Å². The zero-order chi connectivity index (χ0) is 29.4. The van der Waals surface area contributed by atoms with Crippen molar-refractivity contribution in [1.29, 1.82) is 0 Å². The number of fused-ring (bicyclic) bond motifs is 1. The second-order valence-electron chi connectivity index (χ2n) is 9.35. The third kappa shape index (κ3) is 8.01. The molecule has 9 nitrogen and oxygen atoms in total. The lowest BCUT2D eigenvalue weighted by molar-refractivity contribution is -0.115. The summed E-state index contributed by atoms with van der Waals surface area (Å²) in [5.74, 6) is 0.665. The van der Waals surface area contributed by atoms with Crippen LogP contribution in [-0.4, -0.2) is 64.0 Å². The van der Waals surface area contributed by atoms with Crippen LogP contribution < -0.4 is 15.4 Å². The van der Waals surface area contributed by atoms with Crippen molar-refractivity contribution in [3.8, 4) is 11.5 Å². The summed E-state index contributed by atoms with van der Waals surface area (Å²) in [4.78, 5) is 27.1. The number of ether oxygens (including phenoxy) is 1. The Bertz CT molecular complexity index is 1480. The Labute approximate surface area is 233 Å². The third-order valence-electron chi connectivity index (χ3n) is 6.39. The lowest BCUT2D eigenvalue weighted by atomic mass is 9.90. The first-order chi connectivity index (χ1) is 19.7. The topological polar surface area (TPSA) is 108 Å². The van der Waals surface area contributed by atoms with Crippen LogP contribution in [0.1, 0.15) is 24.3 Å². The Kier molecular flexibility index (Phi) is 9.50. The smallest absolute Gasteiger partial charge is 0.405 e. The molecular weight excluding hydrogens is 542 g/mol. The number of carbonyl (C=O) groups is 1. The van der Waals surface area contributed by atoms with E-state index in [1.54, 1.807) is 6.07 Å². The van der Waals surface area contributed by atoms with Crippen LogP contribution in [0.3, 0.4) is 0 Å². The van der Waals surface area contributed by atoms with Gasteiger partial charge in [-0.15, -0.1) is 0 Å². The van der Waals surface area contributed by atoms with E-state index in [9.17, 15) is 13.2 Å². The van der Waals surface area contributed by atoms with Gasteiger partial charge < -0.3 is 25.3 Å². The molecule has 216 valence electrons. The Hall–Kier alpha value is -4.52. The number of alkyl halides is 3. The van der Waals surface area contributed by atoms with Crippen LogP contribution in [-0.2, 0) is 4.79 Å². The molecule has 0 aliphatic carbocycles. The Balaban J connectivity index is 0.000000909. The number of benzene rings is 1. The van der Waals surface area contributed by atoms with Crippen molar-refractivity contribution in [2.75, 3.05) is 37.3 Å². The molecule has 4 aromatic rings. The van der Waals surface area contributed by atoms with E-state index < -0.39 is 18.5 Å². The highest BCUT2D eigenvalue weighted by atomic mass is 19.4. The molecule has 1 aliphatic rings. The van der Waals surface area contributed by atoms with Crippen LogP contribution in [0.4, 0.5) is 34.9 Å². The molecule has 0 saturated carbocycles. The summed E-state index contributed by atoms with van der Waals surface area (Å²) < 4.78 is 58.0. The molecule has 1 aliphatic heterocycles. The summed E-state index contributed by atoms with van der Waals surface area (Å²) in [6.45, 7) is 3.89. The number of aromatic nitrogens is 4. The molecule has 41 heavy (non-hydrogen) atoms. The minimum absolute atomic E-state index is 0.00622. The van der Waals surface area contributed by atoms with Crippen molar-refractivity contribution in [1.82, 2.24) is 24.8 Å². The van der Waals surface area contributed by atoms with Gasteiger partial charge in [0, 0.05) is 24.5 Å². The van der Waals surface area contributed by atoms with E-state index in [0.29, 0.717) is 23.7 Å². The van der Waals surface area contributed by atoms with Gasteiger partial charge in [0.25, 0.3) is 0 Å². The molecule has 0 spiro atoms. The molecule has 13 heteroatoms. The van der Waals surface area contributed by atoms with E-state index in [4.69, 9.17) is 9.53 Å². The summed E-state index contributed by atoms with van der Waals surface area (Å²) in [5.41, 5.74) is 1.99. The number of nitrogens with zero attached hydrogens (tertiary/aromatic N) is 4. The molecule has 1 fully saturated rings. The average molecular weight is 572 g/mol. The summed E-state index contributed by atoms with van der Waals surface area (Å²) in [6.07, 6.45) is 4.16. The van der Waals surface area contributed by atoms with Gasteiger partial charge in [0.15, 0.2) is 0 Å². The largest absolute Gasteiger partial charge is 0.457 e. The number of anilines is 3. The van der Waals surface area contributed by atoms with Gasteiger partial charge in [0.2, 0.25) is 0 Å². The fourth-order valence-corrected chi connectivity index (χ4v) is 4.41. The summed E-state index contributed by atoms with van der Waals surface area (Å²) in [6, 6.07) is 7.05. The second kappa shape index (κ2) is 13.2. The van der Waals surface area contributed by atoms with Gasteiger partial charge in [-0.1, -0.05) is 6.58 Å². The molecule has 5 rings (SSSR count). The van der Waals surface area contributed by atoms with Crippen LogP contribution in [0.25, 0.3) is 11.0 Å². The molecule has 3 aromatic heterocycles. The van der Waals surface area contributed by atoms with Gasteiger partial charge in [0.1, 0.15) is 53.8 Å². The summed E-state index contributed by atoms with van der Waals surface area (Å²) in [7, 11) is 2.11. The van der Waals surface area contributed by atoms with Gasteiger partial charge in [-0.3, -0.25) is 4.79 Å². The predicted molar refractivity (Wildman–Crippen MR) is 148 cm³/mol. The van der Waals surface area contributed by atoms with Crippen LogP contribution in [0, 0.1) is 5.82 Å². The van der Waals surface area contributed by atoms with Crippen molar-refractivity contribution < 1.29 is 27.1 Å². The number of allylic oxidation sites excluding steroid dienone is 1. The number of nitrogens with one attached hydrogen (secondary N) is 3. The van der Waals surface area contributed by atoms with Crippen molar-refractivity contribution in [2.24, 2.45) is 0 Å². The van der Waals surface area contributed by atoms with E-state index in [1.807, 2.05) is 6.20 Å². The first kappa shape index (κ1) is 29.5. The zero-order valence-electron chi connectivity index (χ0n) is 22.2. The molecule has 0 unspecified atom stereocenters. The van der Waals surface area contributed by atoms with Crippen LogP contribution >= 0.6 is 0 Å². The van der Waals surface area contributed by atoms with E-state index >= 15 is 4.39 Å². The normalized spacial score (nSPS) is 14.2. The first-order valence-electron chi connectivity index (χ1n) is 12.7. The molecule has 0 atom stereocenters. The molecule has 1 saturated heterocycles. The van der Waals surface area contributed by atoms with Gasteiger partial charge >= 0.3 is 6.18 Å². The number of piperidine rings is 1. The summed E-state index contributed by atoms with van der Waals surface area (Å²) >= 11 is 0. The number of pyridine rings is 1. The monoisotopic (exact) mass is 571 g/mol.